The van der Waals surface area contributed by atoms with E-state index >= 15 is 0 Å². The van der Waals surface area contributed by atoms with E-state index in [-0.39, 0.29) is 29.5 Å². The highest BCUT2D eigenvalue weighted by Crippen LogP contribution is 2.38. The highest BCUT2D eigenvalue weighted by atomic mass is 35.5. The fourth-order valence-corrected chi connectivity index (χ4v) is 3.33. The fraction of sp³-hybridized carbons (Fsp3) is 0.500. The van der Waals surface area contributed by atoms with Gasteiger partial charge in [-0.1, -0.05) is 0 Å². The summed E-state index contributed by atoms with van der Waals surface area (Å²) in [5.74, 6) is 0.735. The van der Waals surface area contributed by atoms with Gasteiger partial charge in [-0.3, -0.25) is 0 Å². The number of nitrogens with zero attached hydrogens (tertiary/aromatic N) is 5. The fourth-order valence-electron chi connectivity index (χ4n) is 3.33. The Balaban J connectivity index is 0.00000256. The molecule has 4 rings (SSSR count). The van der Waals surface area contributed by atoms with Crippen LogP contribution in [0.2, 0.25) is 0 Å². The van der Waals surface area contributed by atoms with Gasteiger partial charge in [0.1, 0.15) is 11.6 Å². The molecule has 164 valence electrons. The number of ether oxygens (including phenoxy) is 2. The Bertz CT molecular complexity index is 837. The molecule has 0 amide bonds. The summed E-state index contributed by atoms with van der Waals surface area (Å²) in [5, 5.41) is 0. The van der Waals surface area contributed by atoms with E-state index in [2.05, 4.69) is 15.0 Å². The standard InChI is InChI=1S/C18H21F3N6O2.ClH/c19-18(20,21)13-9-15(22)23-11-12(13)14-10-16(26-1-5-28-6-2-26)25-17(24-14)27-3-7-29-8-4-27;/h9-11H,1-8H2,(H2,22,23);1H/i14+1,16+1,17+1;. The van der Waals surface area contributed by atoms with Crippen molar-refractivity contribution in [1.29, 1.82) is 0 Å². The van der Waals surface area contributed by atoms with Gasteiger partial charge in [-0.25, -0.2) is 9.97 Å². The van der Waals surface area contributed by atoms with E-state index in [0.29, 0.717) is 64.4 Å². The molecule has 0 radical (unpaired) electrons. The van der Waals surface area contributed by atoms with E-state index in [1.54, 1.807) is 6.07 Å². The van der Waals surface area contributed by atoms with E-state index < -0.39 is 11.7 Å². The van der Waals surface area contributed by atoms with Crippen LogP contribution in [-0.2, 0) is 15.7 Å². The van der Waals surface area contributed by atoms with Gasteiger partial charge in [-0.2, -0.15) is 18.2 Å². The van der Waals surface area contributed by atoms with Crippen LogP contribution in [0.25, 0.3) is 11.3 Å². The zero-order chi connectivity index (χ0) is 20.4. The summed E-state index contributed by atoms with van der Waals surface area (Å²) in [7, 11) is 0. The number of anilines is 3. The molecule has 2 saturated heterocycles. The third-order valence-electron chi connectivity index (χ3n) is 4.84. The van der Waals surface area contributed by atoms with E-state index in [1.807, 2.05) is 9.80 Å². The Morgan fingerprint density at radius 2 is 1.50 bits per heavy atom. The van der Waals surface area contributed by atoms with Gasteiger partial charge < -0.3 is 25.0 Å². The summed E-state index contributed by atoms with van der Waals surface area (Å²) in [6.07, 6.45) is -3.47. The van der Waals surface area contributed by atoms with Crippen LogP contribution in [0.3, 0.4) is 0 Å². The van der Waals surface area contributed by atoms with Crippen LogP contribution in [0, 0.1) is 0 Å². The second kappa shape index (κ2) is 9.19. The van der Waals surface area contributed by atoms with Crippen LogP contribution in [0.1, 0.15) is 5.56 Å². The summed E-state index contributed by atoms with van der Waals surface area (Å²) in [4.78, 5) is 16.8. The zero-order valence-electron chi connectivity index (χ0n) is 16.1. The molecule has 0 saturated carbocycles. The molecule has 2 N–H and O–H groups in total. The lowest BCUT2D eigenvalue weighted by Crippen LogP contribution is -2.39. The third-order valence-corrected chi connectivity index (χ3v) is 4.84. The smallest absolute Gasteiger partial charge is 0.384 e. The summed E-state index contributed by atoms with van der Waals surface area (Å²) in [6, 6.07) is 2.40. The van der Waals surface area contributed by atoms with Crippen LogP contribution in [0.4, 0.5) is 30.8 Å². The lowest BCUT2D eigenvalue weighted by Gasteiger charge is -2.31. The molecular formula is C18H22ClF3N6O2. The molecule has 0 spiro atoms. The molecule has 0 aliphatic carbocycles. The lowest BCUT2D eigenvalue weighted by atomic mass is 10.2. The molecule has 0 bridgehead atoms. The molecule has 30 heavy (non-hydrogen) atoms. The van der Waals surface area contributed by atoms with Crippen molar-refractivity contribution in [1.82, 2.24) is 15.0 Å². The van der Waals surface area contributed by atoms with Gasteiger partial charge in [0, 0.05) is 44.0 Å². The number of hydrogen-bond acceptors (Lipinski definition) is 8. The summed E-state index contributed by atoms with van der Waals surface area (Å²) < 4.78 is 51.7. The van der Waals surface area contributed by atoms with Crippen molar-refractivity contribution in [3.63, 3.8) is 0 Å². The quantitative estimate of drug-likeness (QED) is 0.763. The topological polar surface area (TPSA) is 89.6 Å². The maximum Gasteiger partial charge on any atom is 0.417 e. The minimum atomic E-state index is -4.59. The van der Waals surface area contributed by atoms with Gasteiger partial charge >= 0.3 is 6.18 Å². The number of alkyl halides is 3. The van der Waals surface area contributed by atoms with E-state index in [9.17, 15) is 13.2 Å². The number of halogens is 4. The highest BCUT2D eigenvalue weighted by molar-refractivity contribution is 5.85. The van der Waals surface area contributed by atoms with Gasteiger partial charge in [0.15, 0.2) is 0 Å². The minimum Gasteiger partial charge on any atom is -0.384 e. The first kappa shape index (κ1) is 22.3. The number of nitrogens with two attached hydrogens (primary N) is 1. The van der Waals surface area contributed by atoms with Gasteiger partial charge in [0.2, 0.25) is 5.95 Å². The molecule has 2 fully saturated rings. The number of pyridine rings is 1. The lowest BCUT2D eigenvalue weighted by molar-refractivity contribution is -0.137. The van der Waals surface area contributed by atoms with Gasteiger partial charge in [0.05, 0.1) is 37.7 Å². The molecule has 2 aliphatic rings. The largest absolute Gasteiger partial charge is 0.417 e. The van der Waals surface area contributed by atoms with Crippen molar-refractivity contribution >= 4 is 30.0 Å². The van der Waals surface area contributed by atoms with Crippen LogP contribution < -0.4 is 15.5 Å². The van der Waals surface area contributed by atoms with Crippen molar-refractivity contribution in [2.75, 3.05) is 68.1 Å². The Morgan fingerprint density at radius 3 is 2.10 bits per heavy atom. The average Bonchev–Trinajstić information content (AvgIpc) is 2.74. The van der Waals surface area contributed by atoms with Crippen molar-refractivity contribution < 1.29 is 22.6 Å². The highest BCUT2D eigenvalue weighted by Gasteiger charge is 2.35. The van der Waals surface area contributed by atoms with Gasteiger partial charge in [-0.05, 0) is 6.07 Å². The second-order valence-electron chi connectivity index (χ2n) is 6.76. The Hall–Kier alpha value is -2.37. The van der Waals surface area contributed by atoms with E-state index in [4.69, 9.17) is 15.2 Å². The molecule has 2 aromatic heterocycles. The molecule has 2 aliphatic heterocycles. The summed E-state index contributed by atoms with van der Waals surface area (Å²) in [5.41, 5.74) is 4.67. The maximum absolute atomic E-state index is 13.6. The van der Waals surface area contributed by atoms with Gasteiger partial charge in [-0.15, -0.1) is 12.4 Å². The Labute approximate surface area is 177 Å². The number of nitrogen functional groups attached to an aromatic ring is 1. The second-order valence-corrected chi connectivity index (χ2v) is 6.76. The normalized spacial score (nSPS) is 17.6. The molecule has 0 aromatic carbocycles. The SMILES string of the molecule is Cl.Nc1cc(C(F)(F)F)c(-[13c]2c[13c](N3CCOCC3)n[13c](N3CCOCC3)n2)cn1. The first-order valence-electron chi connectivity index (χ1n) is 9.29. The third kappa shape index (κ3) is 4.85. The van der Waals surface area contributed by atoms with Crippen molar-refractivity contribution in [2.24, 2.45) is 0 Å². The van der Waals surface area contributed by atoms with Crippen LogP contribution in [0.5, 0.6) is 0 Å². The van der Waals surface area contributed by atoms with Crippen LogP contribution in [0.15, 0.2) is 18.3 Å². The average molecular weight is 450 g/mol. The molecule has 4 heterocycles. The van der Waals surface area contributed by atoms with E-state index in [1.165, 1.54) is 0 Å². The predicted octanol–water partition coefficient (Wildman–Crippen LogP) is 2.23. The molecule has 12 heteroatoms. The molecule has 2 aromatic rings. The predicted molar refractivity (Wildman–Crippen MR) is 108 cm³/mol. The zero-order valence-corrected chi connectivity index (χ0v) is 16.9. The first-order chi connectivity index (χ1) is 13.9. The van der Waals surface area contributed by atoms with Crippen LogP contribution >= 0.6 is 12.4 Å². The molecule has 0 unspecified atom stereocenters. The van der Waals surface area contributed by atoms with Crippen molar-refractivity contribution in [3.8, 4) is 11.3 Å². The number of aromatic nitrogens is 3. The molecule has 0 atom stereocenters. The number of hydrogen-bond donors (Lipinski definition) is 1. The Kier molecular flexibility index (Phi) is 6.84. The number of rotatable bonds is 3. The summed E-state index contributed by atoms with van der Waals surface area (Å²) in [6.45, 7) is 4.43. The number of morpholine rings is 2. The molecular weight excluding hydrogens is 428 g/mol. The van der Waals surface area contributed by atoms with Crippen molar-refractivity contribution in [3.05, 3.63) is 23.9 Å². The van der Waals surface area contributed by atoms with E-state index in [0.717, 1.165) is 12.3 Å². The maximum atomic E-state index is 13.6. The molecule has 8 nitrogen and oxygen atoms in total. The first-order valence-corrected chi connectivity index (χ1v) is 9.29. The summed E-state index contributed by atoms with van der Waals surface area (Å²) >= 11 is 0. The van der Waals surface area contributed by atoms with Crippen LogP contribution in [-0.4, -0.2) is 67.6 Å². The Morgan fingerprint density at radius 1 is 0.900 bits per heavy atom. The minimum absolute atomic E-state index is 0. The monoisotopic (exact) mass is 449 g/mol. The van der Waals surface area contributed by atoms with Gasteiger partial charge in [0.25, 0.3) is 0 Å². The van der Waals surface area contributed by atoms with Crippen molar-refractivity contribution in [2.45, 2.75) is 6.18 Å².